The maximum Gasteiger partial charge on any atom is 0.134 e. The molecule has 0 aromatic carbocycles. The number of ether oxygens (including phenoxy) is 1. The smallest absolute Gasteiger partial charge is 0.134 e. The van der Waals surface area contributed by atoms with E-state index in [1.807, 2.05) is 13.8 Å². The Morgan fingerprint density at radius 2 is 2.00 bits per heavy atom. The molecule has 0 radical (unpaired) electrons. The third kappa shape index (κ3) is 5.39. The summed E-state index contributed by atoms with van der Waals surface area (Å²) in [5, 5.41) is 10.4. The summed E-state index contributed by atoms with van der Waals surface area (Å²) in [5.41, 5.74) is 0. The van der Waals surface area contributed by atoms with E-state index in [0.717, 1.165) is 32.0 Å². The quantitative estimate of drug-likeness (QED) is 0.792. The van der Waals surface area contributed by atoms with Crippen molar-refractivity contribution in [3.8, 4) is 0 Å². The largest absolute Gasteiger partial charge is 0.389 e. The Morgan fingerprint density at radius 1 is 1.29 bits per heavy atom. The van der Waals surface area contributed by atoms with Gasteiger partial charge in [0.1, 0.15) is 17.3 Å². The summed E-state index contributed by atoms with van der Waals surface area (Å²) in [6.45, 7) is 8.48. The van der Waals surface area contributed by atoms with Crippen LogP contribution < -0.4 is 4.90 Å². The van der Waals surface area contributed by atoms with Crippen LogP contribution in [0.1, 0.15) is 13.8 Å². The minimum atomic E-state index is -0.438. The lowest BCUT2D eigenvalue weighted by Gasteiger charge is -2.36. The van der Waals surface area contributed by atoms with Crippen LogP contribution in [0.4, 0.5) is 5.82 Å². The topological polar surface area (TPSA) is 61.7 Å². The Hall–Kier alpha value is -0.950. The molecule has 1 aromatic heterocycles. The Kier molecular flexibility index (Phi) is 6.17. The van der Waals surface area contributed by atoms with Gasteiger partial charge in [0.25, 0.3) is 0 Å². The summed E-state index contributed by atoms with van der Waals surface area (Å²) in [6, 6.07) is 1.78. The zero-order chi connectivity index (χ0) is 15.2. The van der Waals surface area contributed by atoms with Crippen molar-refractivity contribution < 1.29 is 9.84 Å². The van der Waals surface area contributed by atoms with Crippen molar-refractivity contribution in [1.29, 1.82) is 0 Å². The van der Waals surface area contributed by atoms with Crippen LogP contribution in [0.15, 0.2) is 12.4 Å². The molecular formula is C14H23ClN4O2. The number of β-amino-alcohol motifs (C(OH)–C–C–N with tert-alkyl or cyclic N) is 1. The average molecular weight is 315 g/mol. The zero-order valence-corrected chi connectivity index (χ0v) is 13.3. The molecule has 2 heterocycles. The normalized spacial score (nSPS) is 18.2. The lowest BCUT2D eigenvalue weighted by Crippen LogP contribution is -2.49. The fourth-order valence-corrected chi connectivity index (χ4v) is 2.45. The minimum absolute atomic E-state index is 0.152. The van der Waals surface area contributed by atoms with Crippen molar-refractivity contribution in [2.45, 2.75) is 26.1 Å². The highest BCUT2D eigenvalue weighted by atomic mass is 35.5. The van der Waals surface area contributed by atoms with Crippen LogP contribution in [-0.4, -0.2) is 71.5 Å². The van der Waals surface area contributed by atoms with Crippen LogP contribution in [0, 0.1) is 0 Å². The van der Waals surface area contributed by atoms with Crippen molar-refractivity contribution in [3.05, 3.63) is 17.5 Å². The second-order valence-corrected chi connectivity index (χ2v) is 5.91. The molecule has 6 nitrogen and oxygen atoms in total. The molecule has 1 N–H and O–H groups in total. The van der Waals surface area contributed by atoms with Crippen molar-refractivity contribution in [3.63, 3.8) is 0 Å². The van der Waals surface area contributed by atoms with E-state index in [0.29, 0.717) is 18.3 Å². The van der Waals surface area contributed by atoms with E-state index < -0.39 is 6.10 Å². The number of nitrogens with zero attached hydrogens (tertiary/aromatic N) is 4. The van der Waals surface area contributed by atoms with E-state index in [9.17, 15) is 5.11 Å². The molecule has 0 amide bonds. The number of aliphatic hydroxyl groups is 1. The monoisotopic (exact) mass is 314 g/mol. The number of piperazine rings is 1. The summed E-state index contributed by atoms with van der Waals surface area (Å²) >= 11 is 5.89. The van der Waals surface area contributed by atoms with E-state index in [-0.39, 0.29) is 6.10 Å². The van der Waals surface area contributed by atoms with E-state index in [1.165, 1.54) is 6.33 Å². The van der Waals surface area contributed by atoms with Crippen LogP contribution in [0.2, 0.25) is 5.15 Å². The molecular weight excluding hydrogens is 292 g/mol. The van der Waals surface area contributed by atoms with Crippen LogP contribution in [0.3, 0.4) is 0 Å². The Labute approximate surface area is 130 Å². The molecule has 7 heteroatoms. The third-order valence-corrected chi connectivity index (χ3v) is 3.61. The van der Waals surface area contributed by atoms with Crippen LogP contribution >= 0.6 is 11.6 Å². The number of aromatic nitrogens is 2. The van der Waals surface area contributed by atoms with Gasteiger partial charge in [-0.25, -0.2) is 9.97 Å². The van der Waals surface area contributed by atoms with Crippen molar-refractivity contribution in [2.24, 2.45) is 0 Å². The molecule has 0 aliphatic carbocycles. The molecule has 1 aliphatic heterocycles. The van der Waals surface area contributed by atoms with E-state index >= 15 is 0 Å². The first-order valence-corrected chi connectivity index (χ1v) is 7.67. The van der Waals surface area contributed by atoms with Gasteiger partial charge in [-0.05, 0) is 13.8 Å². The minimum Gasteiger partial charge on any atom is -0.389 e. The second kappa shape index (κ2) is 7.89. The molecule has 1 aromatic rings. The average Bonchev–Trinajstić information content (AvgIpc) is 2.46. The van der Waals surface area contributed by atoms with E-state index in [2.05, 4.69) is 19.8 Å². The highest BCUT2D eigenvalue weighted by Crippen LogP contribution is 2.16. The van der Waals surface area contributed by atoms with Crippen LogP contribution in [0.25, 0.3) is 0 Å². The number of halogens is 1. The molecule has 0 saturated carbocycles. The first-order valence-electron chi connectivity index (χ1n) is 7.29. The summed E-state index contributed by atoms with van der Waals surface area (Å²) in [7, 11) is 0. The lowest BCUT2D eigenvalue weighted by atomic mass is 10.2. The van der Waals surface area contributed by atoms with Crippen molar-refractivity contribution in [1.82, 2.24) is 14.9 Å². The number of hydrogen-bond acceptors (Lipinski definition) is 6. The number of hydrogen-bond donors (Lipinski definition) is 1. The third-order valence-electron chi connectivity index (χ3n) is 3.41. The molecule has 2 rings (SSSR count). The standard InChI is InChI=1S/C14H23ClN4O2/c1-11(2)21-9-12(20)8-18-3-5-19(6-4-18)14-7-13(15)16-10-17-14/h7,10-12,20H,3-6,8-9H2,1-2H3. The van der Waals surface area contributed by atoms with E-state index in [1.54, 1.807) is 6.07 Å². The molecule has 118 valence electrons. The van der Waals surface area contributed by atoms with Gasteiger partial charge in [-0.2, -0.15) is 0 Å². The van der Waals surface area contributed by atoms with Gasteiger partial charge in [0, 0.05) is 38.8 Å². The highest BCUT2D eigenvalue weighted by Gasteiger charge is 2.20. The van der Waals surface area contributed by atoms with Crippen LogP contribution in [0.5, 0.6) is 0 Å². The van der Waals surface area contributed by atoms with Crippen LogP contribution in [-0.2, 0) is 4.74 Å². The highest BCUT2D eigenvalue weighted by molar-refractivity contribution is 6.29. The van der Waals surface area contributed by atoms with E-state index in [4.69, 9.17) is 16.3 Å². The van der Waals surface area contributed by atoms with Gasteiger partial charge in [0.15, 0.2) is 0 Å². The maximum absolute atomic E-state index is 9.95. The molecule has 1 unspecified atom stereocenters. The van der Waals surface area contributed by atoms with Gasteiger partial charge in [-0.1, -0.05) is 11.6 Å². The summed E-state index contributed by atoms with van der Waals surface area (Å²) in [4.78, 5) is 12.6. The fourth-order valence-electron chi connectivity index (χ4n) is 2.31. The van der Waals surface area contributed by atoms with Gasteiger partial charge in [0.05, 0.1) is 18.8 Å². The van der Waals surface area contributed by atoms with Gasteiger partial charge in [-0.3, -0.25) is 4.90 Å². The van der Waals surface area contributed by atoms with Gasteiger partial charge >= 0.3 is 0 Å². The summed E-state index contributed by atoms with van der Waals surface area (Å²) < 4.78 is 5.43. The Balaban J connectivity index is 1.75. The number of aliphatic hydroxyl groups excluding tert-OH is 1. The molecule has 1 saturated heterocycles. The molecule has 0 bridgehead atoms. The fraction of sp³-hybridized carbons (Fsp3) is 0.714. The summed E-state index contributed by atoms with van der Waals surface area (Å²) in [6.07, 6.45) is 1.20. The molecule has 1 atom stereocenters. The predicted octanol–water partition coefficient (Wildman–Crippen LogP) is 1.04. The zero-order valence-electron chi connectivity index (χ0n) is 12.6. The number of rotatable bonds is 6. The summed E-state index contributed by atoms with van der Waals surface area (Å²) in [5.74, 6) is 0.860. The Bertz CT molecular complexity index is 439. The van der Waals surface area contributed by atoms with Gasteiger partial charge in [-0.15, -0.1) is 0 Å². The van der Waals surface area contributed by atoms with Crippen molar-refractivity contribution in [2.75, 3.05) is 44.2 Å². The lowest BCUT2D eigenvalue weighted by molar-refractivity contribution is -0.00900. The second-order valence-electron chi connectivity index (χ2n) is 5.52. The van der Waals surface area contributed by atoms with Gasteiger partial charge < -0.3 is 14.7 Å². The molecule has 21 heavy (non-hydrogen) atoms. The molecule has 1 fully saturated rings. The molecule has 1 aliphatic rings. The SMILES string of the molecule is CC(C)OCC(O)CN1CCN(c2cc(Cl)ncn2)CC1. The van der Waals surface area contributed by atoms with Crippen molar-refractivity contribution >= 4 is 17.4 Å². The predicted molar refractivity (Wildman–Crippen MR) is 82.8 cm³/mol. The first kappa shape index (κ1) is 16.4. The first-order chi connectivity index (χ1) is 10.0. The Morgan fingerprint density at radius 3 is 2.62 bits per heavy atom. The number of anilines is 1. The molecule has 0 spiro atoms. The maximum atomic E-state index is 9.95. The van der Waals surface area contributed by atoms with Gasteiger partial charge in [0.2, 0.25) is 0 Å².